The Labute approximate surface area is 201 Å². The number of carbonyl (C=O) groups excluding carboxylic acids is 2. The number of benzene rings is 3. The second-order valence-corrected chi connectivity index (χ2v) is 9.72. The van der Waals surface area contributed by atoms with Gasteiger partial charge in [0.2, 0.25) is 11.8 Å². The van der Waals surface area contributed by atoms with Crippen molar-refractivity contribution in [2.45, 2.75) is 58.7 Å². The second kappa shape index (κ2) is 11.1. The summed E-state index contributed by atoms with van der Waals surface area (Å²) >= 11 is 0. The predicted molar refractivity (Wildman–Crippen MR) is 134 cm³/mol. The summed E-state index contributed by atoms with van der Waals surface area (Å²) < 4.78 is 14.6. The first-order chi connectivity index (χ1) is 16.1. The van der Waals surface area contributed by atoms with E-state index in [2.05, 4.69) is 5.32 Å². The van der Waals surface area contributed by atoms with Crippen LogP contribution in [0.5, 0.6) is 0 Å². The maximum Gasteiger partial charge on any atom is 0.243 e. The van der Waals surface area contributed by atoms with Gasteiger partial charge < -0.3 is 10.2 Å². The van der Waals surface area contributed by atoms with Crippen molar-refractivity contribution in [3.63, 3.8) is 0 Å². The normalized spacial score (nSPS) is 12.1. The van der Waals surface area contributed by atoms with Gasteiger partial charge in [-0.15, -0.1) is 0 Å². The molecular weight excluding hydrogens is 427 g/mol. The number of hydrogen-bond donors (Lipinski definition) is 1. The van der Waals surface area contributed by atoms with Gasteiger partial charge in [-0.1, -0.05) is 78.4 Å². The quantitative estimate of drug-likeness (QED) is 0.500. The van der Waals surface area contributed by atoms with Crippen LogP contribution in [0.25, 0.3) is 0 Å². The average molecular weight is 461 g/mol. The van der Waals surface area contributed by atoms with Gasteiger partial charge in [-0.2, -0.15) is 0 Å². The van der Waals surface area contributed by atoms with Gasteiger partial charge in [0.05, 0.1) is 6.42 Å². The summed E-state index contributed by atoms with van der Waals surface area (Å²) in [5.74, 6) is -0.882. The third kappa shape index (κ3) is 7.27. The van der Waals surface area contributed by atoms with E-state index in [0.717, 1.165) is 16.7 Å². The number of nitrogens with zero attached hydrogens (tertiary/aromatic N) is 1. The van der Waals surface area contributed by atoms with Gasteiger partial charge in [-0.25, -0.2) is 4.39 Å². The molecule has 34 heavy (non-hydrogen) atoms. The lowest BCUT2D eigenvalue weighted by Gasteiger charge is -2.34. The molecule has 1 atom stereocenters. The average Bonchev–Trinajstić information content (AvgIpc) is 2.78. The number of aryl methyl sites for hydroxylation is 1. The largest absolute Gasteiger partial charge is 0.350 e. The summed E-state index contributed by atoms with van der Waals surface area (Å²) in [4.78, 5) is 28.6. The van der Waals surface area contributed by atoms with E-state index in [-0.39, 0.29) is 24.8 Å². The summed E-state index contributed by atoms with van der Waals surface area (Å²) in [5.41, 5.74) is 2.78. The van der Waals surface area contributed by atoms with Crippen molar-refractivity contribution in [1.82, 2.24) is 10.2 Å². The van der Waals surface area contributed by atoms with E-state index in [1.807, 2.05) is 82.3 Å². The Hall–Kier alpha value is -3.47. The Morgan fingerprint density at radius 1 is 0.882 bits per heavy atom. The molecule has 0 spiro atoms. The van der Waals surface area contributed by atoms with Crippen LogP contribution < -0.4 is 5.32 Å². The Bertz CT molecular complexity index is 1100. The molecule has 0 aliphatic rings. The molecule has 0 saturated carbocycles. The molecule has 0 saturated heterocycles. The summed E-state index contributed by atoms with van der Waals surface area (Å²) in [5, 5.41) is 3.02. The molecule has 5 heteroatoms. The molecule has 4 nitrogen and oxygen atoms in total. The van der Waals surface area contributed by atoms with Gasteiger partial charge in [-0.3, -0.25) is 9.59 Å². The molecule has 0 unspecified atom stereocenters. The molecule has 3 rings (SSSR count). The van der Waals surface area contributed by atoms with E-state index in [0.29, 0.717) is 12.0 Å². The predicted octanol–water partition coefficient (Wildman–Crippen LogP) is 5.23. The highest BCUT2D eigenvalue weighted by Crippen LogP contribution is 2.19. The fourth-order valence-corrected chi connectivity index (χ4v) is 3.80. The number of nitrogens with one attached hydrogen (secondary N) is 1. The standard InChI is InChI=1S/C29H33FN2O2/c1-21-14-16-23(17-15-21)19-27(33)32(20-24-12-8-9-13-25(24)30)26(28(34)31-29(2,3)4)18-22-10-6-5-7-11-22/h5-17,26H,18-20H2,1-4H3,(H,31,34)/t26-/m1/s1. The SMILES string of the molecule is Cc1ccc(CC(=O)N(Cc2ccccc2F)[C@H](Cc2ccccc2)C(=O)NC(C)(C)C)cc1. The van der Waals surface area contributed by atoms with E-state index in [1.54, 1.807) is 18.2 Å². The molecule has 0 radical (unpaired) electrons. The number of hydrogen-bond acceptors (Lipinski definition) is 2. The minimum atomic E-state index is -0.792. The first-order valence-corrected chi connectivity index (χ1v) is 11.6. The molecular formula is C29H33FN2O2. The number of halogens is 1. The van der Waals surface area contributed by atoms with Crippen molar-refractivity contribution in [3.8, 4) is 0 Å². The third-order valence-corrected chi connectivity index (χ3v) is 5.54. The zero-order chi connectivity index (χ0) is 24.7. The highest BCUT2D eigenvalue weighted by Gasteiger charge is 2.32. The Balaban J connectivity index is 1.99. The molecule has 1 N–H and O–H groups in total. The van der Waals surface area contributed by atoms with Gasteiger partial charge in [0, 0.05) is 24.1 Å². The van der Waals surface area contributed by atoms with Crippen molar-refractivity contribution in [1.29, 1.82) is 0 Å². The fourth-order valence-electron chi connectivity index (χ4n) is 3.80. The van der Waals surface area contributed by atoms with E-state index < -0.39 is 17.4 Å². The molecule has 0 aliphatic heterocycles. The Morgan fingerprint density at radius 3 is 2.12 bits per heavy atom. The van der Waals surface area contributed by atoms with Crippen LogP contribution in [0.15, 0.2) is 78.9 Å². The van der Waals surface area contributed by atoms with E-state index in [4.69, 9.17) is 0 Å². The van der Waals surface area contributed by atoms with Crippen LogP contribution in [0.3, 0.4) is 0 Å². The monoisotopic (exact) mass is 460 g/mol. The second-order valence-electron chi connectivity index (χ2n) is 9.72. The summed E-state index contributed by atoms with van der Waals surface area (Å²) in [6.07, 6.45) is 0.458. The first-order valence-electron chi connectivity index (χ1n) is 11.6. The van der Waals surface area contributed by atoms with Crippen LogP contribution >= 0.6 is 0 Å². The summed E-state index contributed by atoms with van der Waals surface area (Å²) in [6, 6.07) is 22.9. The highest BCUT2D eigenvalue weighted by atomic mass is 19.1. The third-order valence-electron chi connectivity index (χ3n) is 5.54. The lowest BCUT2D eigenvalue weighted by atomic mass is 9.99. The molecule has 0 heterocycles. The van der Waals surface area contributed by atoms with Crippen molar-refractivity contribution >= 4 is 11.8 Å². The zero-order valence-electron chi connectivity index (χ0n) is 20.3. The number of rotatable bonds is 8. The highest BCUT2D eigenvalue weighted by molar-refractivity contribution is 5.89. The molecule has 2 amide bonds. The number of amides is 2. The van der Waals surface area contributed by atoms with Crippen LogP contribution in [0.2, 0.25) is 0 Å². The van der Waals surface area contributed by atoms with Gasteiger partial charge in [-0.05, 0) is 44.9 Å². The van der Waals surface area contributed by atoms with Gasteiger partial charge in [0.25, 0.3) is 0 Å². The molecule has 3 aromatic rings. The van der Waals surface area contributed by atoms with Crippen LogP contribution in [0, 0.1) is 12.7 Å². The lowest BCUT2D eigenvalue weighted by molar-refractivity contribution is -0.141. The molecule has 0 fully saturated rings. The topological polar surface area (TPSA) is 49.4 Å². The van der Waals surface area contributed by atoms with Crippen molar-refractivity contribution in [2.24, 2.45) is 0 Å². The number of carbonyl (C=O) groups is 2. The van der Waals surface area contributed by atoms with Gasteiger partial charge in [0.15, 0.2) is 0 Å². The van der Waals surface area contributed by atoms with Crippen LogP contribution in [-0.4, -0.2) is 28.3 Å². The summed E-state index contributed by atoms with van der Waals surface area (Å²) in [6.45, 7) is 7.70. The lowest BCUT2D eigenvalue weighted by Crippen LogP contribution is -2.54. The summed E-state index contributed by atoms with van der Waals surface area (Å²) in [7, 11) is 0. The molecule has 0 aliphatic carbocycles. The first kappa shape index (κ1) is 25.2. The van der Waals surface area contributed by atoms with Crippen LogP contribution in [0.4, 0.5) is 4.39 Å². The van der Waals surface area contributed by atoms with Gasteiger partial charge >= 0.3 is 0 Å². The molecule has 0 aromatic heterocycles. The maximum absolute atomic E-state index is 14.6. The van der Waals surface area contributed by atoms with Crippen molar-refractivity contribution in [3.05, 3.63) is 107 Å². The van der Waals surface area contributed by atoms with E-state index in [9.17, 15) is 14.0 Å². The zero-order valence-corrected chi connectivity index (χ0v) is 20.3. The van der Waals surface area contributed by atoms with Crippen molar-refractivity contribution in [2.75, 3.05) is 0 Å². The van der Waals surface area contributed by atoms with Crippen LogP contribution in [-0.2, 0) is 29.0 Å². The minimum absolute atomic E-state index is 0.00638. The van der Waals surface area contributed by atoms with Crippen molar-refractivity contribution < 1.29 is 14.0 Å². The smallest absolute Gasteiger partial charge is 0.243 e. The van der Waals surface area contributed by atoms with E-state index >= 15 is 0 Å². The van der Waals surface area contributed by atoms with E-state index in [1.165, 1.54) is 11.0 Å². The fraction of sp³-hybridized carbons (Fsp3) is 0.310. The maximum atomic E-state index is 14.6. The molecule has 3 aromatic carbocycles. The molecule has 178 valence electrons. The minimum Gasteiger partial charge on any atom is -0.350 e. The van der Waals surface area contributed by atoms with Crippen LogP contribution in [0.1, 0.15) is 43.0 Å². The van der Waals surface area contributed by atoms with Gasteiger partial charge in [0.1, 0.15) is 11.9 Å². The Kier molecular flexibility index (Phi) is 8.21. The Morgan fingerprint density at radius 2 is 1.50 bits per heavy atom. The molecule has 0 bridgehead atoms.